The molecule has 0 aliphatic heterocycles. The van der Waals surface area contributed by atoms with Crippen LogP contribution in [-0.2, 0) is 9.59 Å². The van der Waals surface area contributed by atoms with Gasteiger partial charge in [-0.15, -0.1) is 0 Å². The number of Topliss-reactive ketones (excluding diaryl/α,β-unsaturated/α-hetero) is 2. The van der Waals surface area contributed by atoms with Crippen LogP contribution in [0.5, 0.6) is 0 Å². The van der Waals surface area contributed by atoms with Crippen molar-refractivity contribution < 1.29 is 19.8 Å². The average Bonchev–Trinajstić information content (AvgIpc) is 2.96. The molecule has 0 unspecified atom stereocenters. The predicted molar refractivity (Wildman–Crippen MR) is 103 cm³/mol. The van der Waals surface area contributed by atoms with Crippen molar-refractivity contribution in [1.29, 1.82) is 0 Å². The van der Waals surface area contributed by atoms with Gasteiger partial charge in [0.05, 0.1) is 11.1 Å². The van der Waals surface area contributed by atoms with Crippen molar-refractivity contribution in [3.63, 3.8) is 0 Å². The second-order valence-corrected chi connectivity index (χ2v) is 6.65. The van der Waals surface area contributed by atoms with Crippen LogP contribution in [-0.4, -0.2) is 26.8 Å². The Labute approximate surface area is 155 Å². The van der Waals surface area contributed by atoms with Gasteiger partial charge in [0, 0.05) is 22.2 Å². The molecule has 0 atom stereocenters. The molecule has 1 heterocycles. The molecule has 134 valence electrons. The molecule has 3 aromatic rings. The second kappa shape index (κ2) is 5.99. The summed E-state index contributed by atoms with van der Waals surface area (Å²) in [5.74, 6) is -2.84. The Hall–Kier alpha value is -3.60. The average molecular weight is 359 g/mol. The van der Waals surface area contributed by atoms with Crippen molar-refractivity contribution in [3.8, 4) is 0 Å². The zero-order chi connectivity index (χ0) is 19.3. The Morgan fingerprint density at radius 3 is 2.15 bits per heavy atom. The van der Waals surface area contributed by atoms with Crippen LogP contribution in [0.4, 0.5) is 0 Å². The number of hydrogen-bond acceptors (Lipinski definition) is 4. The van der Waals surface area contributed by atoms with Crippen LogP contribution in [0.15, 0.2) is 60.0 Å². The van der Waals surface area contributed by atoms with Crippen LogP contribution in [0.3, 0.4) is 0 Å². The first-order chi connectivity index (χ1) is 12.9. The van der Waals surface area contributed by atoms with E-state index < -0.39 is 23.1 Å². The first-order valence-corrected chi connectivity index (χ1v) is 8.50. The number of hydrogen-bond donors (Lipinski definition) is 3. The number of carbonyl (C=O) groups is 2. The standard InChI is InChI=1S/C22H17NO4/c1-11-8-9-14-15(10-11)23-12(2)16(14)18-21(26)19(24)17(20(25)22(18)27)13-6-4-3-5-7-13/h3-10,23-24,27H,1-2H3. The number of aromatic nitrogens is 1. The molecule has 0 fully saturated rings. The molecule has 0 spiro atoms. The number of allylic oxidation sites excluding steroid dienone is 2. The van der Waals surface area contributed by atoms with Crippen LogP contribution in [0.25, 0.3) is 22.0 Å². The van der Waals surface area contributed by atoms with Gasteiger partial charge in [-0.05, 0) is 31.0 Å². The Morgan fingerprint density at radius 2 is 1.44 bits per heavy atom. The van der Waals surface area contributed by atoms with E-state index in [1.54, 1.807) is 37.3 Å². The van der Waals surface area contributed by atoms with Crippen LogP contribution in [0.1, 0.15) is 22.4 Å². The summed E-state index contributed by atoms with van der Waals surface area (Å²) < 4.78 is 0. The lowest BCUT2D eigenvalue weighted by Gasteiger charge is -2.18. The van der Waals surface area contributed by atoms with E-state index >= 15 is 0 Å². The van der Waals surface area contributed by atoms with Crippen molar-refractivity contribution in [2.24, 2.45) is 0 Å². The largest absolute Gasteiger partial charge is 0.504 e. The fourth-order valence-corrected chi connectivity index (χ4v) is 3.55. The highest BCUT2D eigenvalue weighted by Gasteiger charge is 2.37. The number of nitrogens with one attached hydrogen (secondary N) is 1. The maximum atomic E-state index is 12.9. The van der Waals surface area contributed by atoms with Crippen LogP contribution in [0.2, 0.25) is 0 Å². The second-order valence-electron chi connectivity index (χ2n) is 6.65. The zero-order valence-corrected chi connectivity index (χ0v) is 14.8. The van der Waals surface area contributed by atoms with Gasteiger partial charge in [-0.3, -0.25) is 9.59 Å². The summed E-state index contributed by atoms with van der Waals surface area (Å²) >= 11 is 0. The minimum Gasteiger partial charge on any atom is -0.504 e. The van der Waals surface area contributed by atoms with Crippen molar-refractivity contribution in [1.82, 2.24) is 4.98 Å². The quantitative estimate of drug-likeness (QED) is 0.599. The van der Waals surface area contributed by atoms with Crippen LogP contribution < -0.4 is 0 Å². The van der Waals surface area contributed by atoms with Crippen molar-refractivity contribution >= 4 is 33.6 Å². The fourth-order valence-electron chi connectivity index (χ4n) is 3.55. The highest BCUT2D eigenvalue weighted by molar-refractivity contribution is 6.47. The number of ketones is 2. The SMILES string of the molecule is Cc1ccc2c(C3=C(O)C(=O)C(c4ccccc4)=C(O)C3=O)c(C)[nH]c2c1. The third kappa shape index (κ3) is 2.47. The molecule has 0 amide bonds. The summed E-state index contributed by atoms with van der Waals surface area (Å²) in [7, 11) is 0. The highest BCUT2D eigenvalue weighted by atomic mass is 16.3. The van der Waals surface area contributed by atoms with Crippen molar-refractivity contribution in [3.05, 3.63) is 82.4 Å². The molecule has 0 radical (unpaired) electrons. The van der Waals surface area contributed by atoms with Crippen molar-refractivity contribution in [2.75, 3.05) is 0 Å². The number of aryl methyl sites for hydroxylation is 2. The molecule has 1 aromatic heterocycles. The van der Waals surface area contributed by atoms with Gasteiger partial charge in [0.1, 0.15) is 0 Å². The molecule has 4 rings (SSSR count). The maximum Gasteiger partial charge on any atom is 0.232 e. The summed E-state index contributed by atoms with van der Waals surface area (Å²) in [6, 6.07) is 14.0. The zero-order valence-electron chi connectivity index (χ0n) is 14.8. The molecule has 5 nitrogen and oxygen atoms in total. The first kappa shape index (κ1) is 16.8. The predicted octanol–water partition coefficient (Wildman–Crippen LogP) is 4.17. The van der Waals surface area contributed by atoms with Crippen LogP contribution >= 0.6 is 0 Å². The topological polar surface area (TPSA) is 90.4 Å². The van der Waals surface area contributed by atoms with E-state index in [4.69, 9.17) is 0 Å². The Balaban J connectivity index is 1.94. The van der Waals surface area contributed by atoms with E-state index in [1.165, 1.54) is 0 Å². The third-order valence-corrected chi connectivity index (χ3v) is 4.81. The molecule has 1 aliphatic carbocycles. The summed E-state index contributed by atoms with van der Waals surface area (Å²) in [5.41, 5.74) is 2.91. The van der Waals surface area contributed by atoms with Gasteiger partial charge >= 0.3 is 0 Å². The van der Waals surface area contributed by atoms with E-state index in [0.717, 1.165) is 11.1 Å². The van der Waals surface area contributed by atoms with E-state index in [1.807, 2.05) is 25.1 Å². The number of carbonyl (C=O) groups excluding carboxylic acids is 2. The molecule has 5 heteroatoms. The number of H-pyrrole nitrogens is 1. The number of rotatable bonds is 2. The molecule has 3 N–H and O–H groups in total. The lowest BCUT2D eigenvalue weighted by atomic mass is 9.85. The van der Waals surface area contributed by atoms with Gasteiger partial charge < -0.3 is 15.2 Å². The van der Waals surface area contributed by atoms with E-state index in [-0.39, 0.29) is 11.1 Å². The maximum absolute atomic E-state index is 12.9. The van der Waals surface area contributed by atoms with Gasteiger partial charge in [-0.2, -0.15) is 0 Å². The third-order valence-electron chi connectivity index (χ3n) is 4.81. The number of benzene rings is 2. The lowest BCUT2D eigenvalue weighted by molar-refractivity contribution is -0.116. The molecular weight excluding hydrogens is 342 g/mol. The highest BCUT2D eigenvalue weighted by Crippen LogP contribution is 2.38. The van der Waals surface area contributed by atoms with Gasteiger partial charge in [-0.1, -0.05) is 42.5 Å². The normalized spacial score (nSPS) is 15.2. The Morgan fingerprint density at radius 1 is 0.815 bits per heavy atom. The van der Waals surface area contributed by atoms with E-state index in [9.17, 15) is 19.8 Å². The monoisotopic (exact) mass is 359 g/mol. The van der Waals surface area contributed by atoms with Gasteiger partial charge in [0.15, 0.2) is 11.5 Å². The minimum atomic E-state index is -0.769. The number of aromatic amines is 1. The van der Waals surface area contributed by atoms with Gasteiger partial charge in [0.25, 0.3) is 0 Å². The lowest BCUT2D eigenvalue weighted by Crippen LogP contribution is -2.23. The van der Waals surface area contributed by atoms with Crippen molar-refractivity contribution in [2.45, 2.75) is 13.8 Å². The molecule has 27 heavy (non-hydrogen) atoms. The number of fused-ring (bicyclic) bond motifs is 1. The smallest absolute Gasteiger partial charge is 0.232 e. The first-order valence-electron chi connectivity index (χ1n) is 8.50. The number of aliphatic hydroxyl groups excluding tert-OH is 2. The summed E-state index contributed by atoms with van der Waals surface area (Å²) in [5, 5.41) is 21.8. The summed E-state index contributed by atoms with van der Waals surface area (Å²) in [4.78, 5) is 28.9. The number of aliphatic hydroxyl groups is 2. The summed E-state index contributed by atoms with van der Waals surface area (Å²) in [6.07, 6.45) is 0. The van der Waals surface area contributed by atoms with E-state index in [2.05, 4.69) is 4.98 Å². The summed E-state index contributed by atoms with van der Waals surface area (Å²) in [6.45, 7) is 3.71. The molecule has 0 saturated carbocycles. The van der Waals surface area contributed by atoms with Crippen LogP contribution in [0, 0.1) is 13.8 Å². The molecule has 2 aromatic carbocycles. The molecular formula is C22H17NO4. The molecule has 1 aliphatic rings. The fraction of sp³-hybridized carbons (Fsp3) is 0.0909. The Kier molecular flexibility index (Phi) is 3.73. The molecule has 0 saturated heterocycles. The van der Waals surface area contributed by atoms with Gasteiger partial charge in [0.2, 0.25) is 11.6 Å². The molecule has 0 bridgehead atoms. The Bertz CT molecular complexity index is 1180. The minimum absolute atomic E-state index is 0.176. The van der Waals surface area contributed by atoms with E-state index in [0.29, 0.717) is 22.2 Å². The van der Waals surface area contributed by atoms with Gasteiger partial charge in [-0.25, -0.2) is 0 Å².